The van der Waals surface area contributed by atoms with Crippen molar-refractivity contribution in [1.29, 1.82) is 0 Å². The van der Waals surface area contributed by atoms with Crippen LogP contribution < -0.4 is 0 Å². The number of aliphatic imine (C=N–C) groups is 1. The first-order valence-corrected chi connectivity index (χ1v) is 13.6. The Morgan fingerprint density at radius 1 is 0.529 bits per heavy atom. The lowest BCUT2D eigenvalue weighted by molar-refractivity contribution is 0.544. The highest BCUT2D eigenvalue weighted by Crippen LogP contribution is 2.20. The fraction of sp³-hybridized carbons (Fsp3) is 0.424. The van der Waals surface area contributed by atoms with Crippen molar-refractivity contribution in [2.45, 2.75) is 90.4 Å². The topological polar surface area (TPSA) is 12.4 Å². The van der Waals surface area contributed by atoms with Gasteiger partial charge in [-0.2, -0.15) is 0 Å². The second-order valence-corrected chi connectivity index (χ2v) is 9.55. The van der Waals surface area contributed by atoms with Gasteiger partial charge in [0.25, 0.3) is 0 Å². The molecule has 34 heavy (non-hydrogen) atoms. The normalized spacial score (nSPS) is 11.3. The molecule has 3 rings (SSSR count). The van der Waals surface area contributed by atoms with Crippen LogP contribution in [0.2, 0.25) is 0 Å². The highest BCUT2D eigenvalue weighted by Gasteiger charge is 1.98. The smallest absolute Gasteiger partial charge is 0.0630 e. The Morgan fingerprint density at radius 3 is 1.65 bits per heavy atom. The SMILES string of the molecule is CCCCCCCCCCCCCCc1ccc(N=Cc2ccc(-c3ccccc3)cc2)cc1. The minimum atomic E-state index is 1.02. The number of benzene rings is 3. The molecule has 0 saturated carbocycles. The molecule has 0 aliphatic heterocycles. The fourth-order valence-electron chi connectivity index (χ4n) is 4.46. The number of hydrogen-bond donors (Lipinski definition) is 0. The Labute approximate surface area is 208 Å². The first kappa shape index (κ1) is 25.9. The van der Waals surface area contributed by atoms with Crippen LogP contribution in [-0.4, -0.2) is 6.21 Å². The molecule has 1 heteroatoms. The maximum atomic E-state index is 4.66. The standard InChI is InChI=1S/C33H43N/c1-2-3-4-5-6-7-8-9-10-11-12-14-17-29-22-26-33(27-23-29)34-28-30-20-24-32(25-21-30)31-18-15-13-16-19-31/h13,15-16,18-28H,2-12,14,17H2,1H3. The van der Waals surface area contributed by atoms with Crippen LogP contribution in [0.4, 0.5) is 5.69 Å². The largest absolute Gasteiger partial charge is 0.256 e. The summed E-state index contributed by atoms with van der Waals surface area (Å²) < 4.78 is 0. The molecule has 180 valence electrons. The lowest BCUT2D eigenvalue weighted by Gasteiger charge is -2.04. The molecule has 1 nitrogen and oxygen atoms in total. The van der Waals surface area contributed by atoms with Gasteiger partial charge in [0.1, 0.15) is 0 Å². The Kier molecular flexibility index (Phi) is 12.2. The van der Waals surface area contributed by atoms with E-state index in [0.29, 0.717) is 0 Å². The van der Waals surface area contributed by atoms with Gasteiger partial charge in [0.15, 0.2) is 0 Å². The minimum absolute atomic E-state index is 1.02. The van der Waals surface area contributed by atoms with E-state index in [1.54, 1.807) is 0 Å². The van der Waals surface area contributed by atoms with E-state index in [2.05, 4.69) is 90.8 Å². The number of hydrogen-bond acceptors (Lipinski definition) is 1. The molecule has 0 spiro atoms. The van der Waals surface area contributed by atoms with Gasteiger partial charge in [-0.05, 0) is 47.2 Å². The summed E-state index contributed by atoms with van der Waals surface area (Å²) in [4.78, 5) is 4.66. The average molecular weight is 454 g/mol. The summed E-state index contributed by atoms with van der Waals surface area (Å²) in [5.41, 5.74) is 6.05. The van der Waals surface area contributed by atoms with Crippen molar-refractivity contribution >= 4 is 11.9 Å². The summed E-state index contributed by atoms with van der Waals surface area (Å²) in [5.74, 6) is 0. The van der Waals surface area contributed by atoms with Crippen LogP contribution in [0.5, 0.6) is 0 Å². The molecule has 0 amide bonds. The summed E-state index contributed by atoms with van der Waals surface area (Å²) in [6, 6.07) is 27.8. The zero-order valence-corrected chi connectivity index (χ0v) is 21.2. The quantitative estimate of drug-likeness (QED) is 0.151. The van der Waals surface area contributed by atoms with Gasteiger partial charge >= 0.3 is 0 Å². The molecule has 0 N–H and O–H groups in total. The monoisotopic (exact) mass is 453 g/mol. The average Bonchev–Trinajstić information content (AvgIpc) is 2.89. The van der Waals surface area contributed by atoms with Crippen molar-refractivity contribution in [2.75, 3.05) is 0 Å². The lowest BCUT2D eigenvalue weighted by Crippen LogP contribution is -1.87. The summed E-state index contributed by atoms with van der Waals surface area (Å²) in [7, 11) is 0. The Hall–Kier alpha value is -2.67. The van der Waals surface area contributed by atoms with Gasteiger partial charge in [0.2, 0.25) is 0 Å². The van der Waals surface area contributed by atoms with Gasteiger partial charge < -0.3 is 0 Å². The molecule has 0 aliphatic rings. The van der Waals surface area contributed by atoms with Gasteiger partial charge in [0, 0.05) is 6.21 Å². The van der Waals surface area contributed by atoms with E-state index < -0.39 is 0 Å². The molecular formula is C33H43N. The first-order valence-electron chi connectivity index (χ1n) is 13.6. The molecular weight excluding hydrogens is 410 g/mol. The molecule has 0 unspecified atom stereocenters. The molecule has 0 aromatic heterocycles. The van der Waals surface area contributed by atoms with E-state index in [1.165, 1.54) is 100 Å². The predicted molar refractivity (Wildman–Crippen MR) is 150 cm³/mol. The maximum Gasteiger partial charge on any atom is 0.0630 e. The summed E-state index contributed by atoms with van der Waals surface area (Å²) >= 11 is 0. The Bertz CT molecular complexity index is 923. The Morgan fingerprint density at radius 2 is 1.06 bits per heavy atom. The van der Waals surface area contributed by atoms with E-state index in [-0.39, 0.29) is 0 Å². The van der Waals surface area contributed by atoms with E-state index in [0.717, 1.165) is 11.3 Å². The molecule has 0 saturated heterocycles. The third-order valence-corrected chi connectivity index (χ3v) is 6.64. The van der Waals surface area contributed by atoms with E-state index in [9.17, 15) is 0 Å². The van der Waals surface area contributed by atoms with Crippen LogP contribution in [0.25, 0.3) is 11.1 Å². The minimum Gasteiger partial charge on any atom is -0.256 e. The molecule has 3 aromatic rings. The number of aryl methyl sites for hydroxylation is 1. The van der Waals surface area contributed by atoms with Crippen LogP contribution in [0.3, 0.4) is 0 Å². The first-order chi connectivity index (χ1) is 16.8. The van der Waals surface area contributed by atoms with Gasteiger partial charge in [0.05, 0.1) is 5.69 Å². The zero-order chi connectivity index (χ0) is 23.7. The molecule has 0 heterocycles. The maximum absolute atomic E-state index is 4.66. The van der Waals surface area contributed by atoms with E-state index in [1.807, 2.05) is 6.21 Å². The van der Waals surface area contributed by atoms with Gasteiger partial charge in [-0.1, -0.05) is 144 Å². The summed E-state index contributed by atoms with van der Waals surface area (Å²) in [5, 5.41) is 0. The zero-order valence-electron chi connectivity index (χ0n) is 21.2. The second kappa shape index (κ2) is 16.0. The van der Waals surface area contributed by atoms with Crippen molar-refractivity contribution in [1.82, 2.24) is 0 Å². The fourth-order valence-corrected chi connectivity index (χ4v) is 4.46. The van der Waals surface area contributed by atoms with Gasteiger partial charge in [-0.15, -0.1) is 0 Å². The molecule has 3 aromatic carbocycles. The van der Waals surface area contributed by atoms with Crippen LogP contribution in [0.15, 0.2) is 83.9 Å². The van der Waals surface area contributed by atoms with Crippen LogP contribution in [0, 0.1) is 0 Å². The highest BCUT2D eigenvalue weighted by molar-refractivity contribution is 5.83. The van der Waals surface area contributed by atoms with E-state index in [4.69, 9.17) is 0 Å². The van der Waals surface area contributed by atoms with Gasteiger partial charge in [-0.25, -0.2) is 0 Å². The highest BCUT2D eigenvalue weighted by atomic mass is 14.7. The van der Waals surface area contributed by atoms with E-state index >= 15 is 0 Å². The molecule has 0 fully saturated rings. The summed E-state index contributed by atoms with van der Waals surface area (Å²) in [6.45, 7) is 2.29. The van der Waals surface area contributed by atoms with Gasteiger partial charge in [-0.3, -0.25) is 4.99 Å². The van der Waals surface area contributed by atoms with Crippen molar-refractivity contribution in [2.24, 2.45) is 4.99 Å². The molecule has 0 radical (unpaired) electrons. The molecule has 0 bridgehead atoms. The molecule has 0 aliphatic carbocycles. The van der Waals surface area contributed by atoms with Crippen molar-refractivity contribution in [3.8, 4) is 11.1 Å². The van der Waals surface area contributed by atoms with Crippen LogP contribution >= 0.6 is 0 Å². The summed E-state index contributed by atoms with van der Waals surface area (Å²) in [6.07, 6.45) is 20.0. The third-order valence-electron chi connectivity index (χ3n) is 6.64. The molecule has 0 atom stereocenters. The van der Waals surface area contributed by atoms with Crippen LogP contribution in [-0.2, 0) is 6.42 Å². The third kappa shape index (κ3) is 10.1. The Balaban J connectivity index is 1.28. The number of nitrogens with zero attached hydrogens (tertiary/aromatic N) is 1. The van der Waals surface area contributed by atoms with Crippen molar-refractivity contribution < 1.29 is 0 Å². The van der Waals surface area contributed by atoms with Crippen LogP contribution in [0.1, 0.15) is 95.1 Å². The number of rotatable bonds is 16. The number of unbranched alkanes of at least 4 members (excludes halogenated alkanes) is 11. The van der Waals surface area contributed by atoms with Crippen molar-refractivity contribution in [3.05, 3.63) is 90.0 Å². The lowest BCUT2D eigenvalue weighted by atomic mass is 10.0. The van der Waals surface area contributed by atoms with Crippen molar-refractivity contribution in [3.63, 3.8) is 0 Å². The predicted octanol–water partition coefficient (Wildman–Crippen LogP) is 10.3. The second-order valence-electron chi connectivity index (χ2n) is 9.55.